The first-order chi connectivity index (χ1) is 8.90. The van der Waals surface area contributed by atoms with Crippen LogP contribution in [0.3, 0.4) is 0 Å². The molecule has 0 spiro atoms. The summed E-state index contributed by atoms with van der Waals surface area (Å²) in [6.07, 6.45) is -2.39. The second-order valence-corrected chi connectivity index (χ2v) is 4.18. The van der Waals surface area contributed by atoms with Gasteiger partial charge in [-0.05, 0) is 31.5 Å². The van der Waals surface area contributed by atoms with Gasteiger partial charge in [-0.1, -0.05) is 12.1 Å². The number of aryl methyl sites for hydroxylation is 1. The zero-order chi connectivity index (χ0) is 14.4. The van der Waals surface area contributed by atoms with Gasteiger partial charge in [-0.15, -0.1) is 0 Å². The average molecular weight is 267 g/mol. The first-order valence-corrected chi connectivity index (χ1v) is 5.82. The highest BCUT2D eigenvalue weighted by molar-refractivity contribution is 5.81. The standard InChI is InChI=1S/C13H17NO5/c1-8-4-3-5-10(6-8)19-9(2)12(16)14-7-11(15)13(17)18/h3-6,9,11,15H,7H2,1-2H3,(H,14,16)(H,17,18). The lowest BCUT2D eigenvalue weighted by Crippen LogP contribution is -2.42. The topological polar surface area (TPSA) is 95.9 Å². The normalized spacial score (nSPS) is 13.4. The molecule has 1 aromatic carbocycles. The first kappa shape index (κ1) is 15.0. The molecule has 0 aliphatic carbocycles. The third-order valence-electron chi connectivity index (χ3n) is 2.43. The molecule has 0 bridgehead atoms. The van der Waals surface area contributed by atoms with Gasteiger partial charge in [0.05, 0.1) is 6.54 Å². The van der Waals surface area contributed by atoms with E-state index in [0.717, 1.165) is 5.56 Å². The van der Waals surface area contributed by atoms with Crippen molar-refractivity contribution in [3.63, 3.8) is 0 Å². The number of benzene rings is 1. The molecule has 6 nitrogen and oxygen atoms in total. The largest absolute Gasteiger partial charge is 0.481 e. The quantitative estimate of drug-likeness (QED) is 0.690. The van der Waals surface area contributed by atoms with Gasteiger partial charge in [0.15, 0.2) is 12.2 Å². The Labute approximate surface area is 111 Å². The number of aliphatic hydroxyl groups is 1. The Hall–Kier alpha value is -2.08. The fourth-order valence-electron chi connectivity index (χ4n) is 1.37. The molecule has 0 heterocycles. The summed E-state index contributed by atoms with van der Waals surface area (Å²) >= 11 is 0. The van der Waals surface area contributed by atoms with E-state index in [9.17, 15) is 9.59 Å². The van der Waals surface area contributed by atoms with Gasteiger partial charge in [-0.2, -0.15) is 0 Å². The number of rotatable bonds is 6. The van der Waals surface area contributed by atoms with Crippen LogP contribution in [0, 0.1) is 6.92 Å². The molecule has 3 N–H and O–H groups in total. The van der Waals surface area contributed by atoms with E-state index in [1.54, 1.807) is 19.1 Å². The van der Waals surface area contributed by atoms with Gasteiger partial charge < -0.3 is 20.3 Å². The van der Waals surface area contributed by atoms with Crippen molar-refractivity contribution >= 4 is 11.9 Å². The Morgan fingerprint density at radius 2 is 2.11 bits per heavy atom. The summed E-state index contributed by atoms with van der Waals surface area (Å²) in [5.74, 6) is -1.31. The molecule has 0 saturated carbocycles. The maximum Gasteiger partial charge on any atom is 0.334 e. The maximum absolute atomic E-state index is 11.6. The Morgan fingerprint density at radius 1 is 1.42 bits per heavy atom. The van der Waals surface area contributed by atoms with Crippen molar-refractivity contribution in [1.29, 1.82) is 0 Å². The molecule has 19 heavy (non-hydrogen) atoms. The lowest BCUT2D eigenvalue weighted by Gasteiger charge is -2.15. The van der Waals surface area contributed by atoms with Crippen LogP contribution in [0.25, 0.3) is 0 Å². The van der Waals surface area contributed by atoms with E-state index in [-0.39, 0.29) is 6.54 Å². The molecule has 0 saturated heterocycles. The minimum Gasteiger partial charge on any atom is -0.481 e. The van der Waals surface area contributed by atoms with Crippen molar-refractivity contribution < 1.29 is 24.5 Å². The Morgan fingerprint density at radius 3 is 2.68 bits per heavy atom. The van der Waals surface area contributed by atoms with Crippen LogP contribution in [-0.4, -0.2) is 40.8 Å². The zero-order valence-corrected chi connectivity index (χ0v) is 10.8. The third-order valence-corrected chi connectivity index (χ3v) is 2.43. The Kier molecular flexibility index (Phi) is 5.32. The second-order valence-electron chi connectivity index (χ2n) is 4.18. The number of carbonyl (C=O) groups is 2. The van der Waals surface area contributed by atoms with Crippen LogP contribution in [0.15, 0.2) is 24.3 Å². The molecule has 1 amide bonds. The van der Waals surface area contributed by atoms with Gasteiger partial charge in [0, 0.05) is 0 Å². The summed E-state index contributed by atoms with van der Waals surface area (Å²) in [4.78, 5) is 22.0. The summed E-state index contributed by atoms with van der Waals surface area (Å²) in [5, 5.41) is 19.8. The third kappa shape index (κ3) is 4.97. The van der Waals surface area contributed by atoms with Crippen LogP contribution in [-0.2, 0) is 9.59 Å². The van der Waals surface area contributed by atoms with Gasteiger partial charge in [0.25, 0.3) is 5.91 Å². The highest BCUT2D eigenvalue weighted by atomic mass is 16.5. The van der Waals surface area contributed by atoms with Crippen molar-refractivity contribution in [3.8, 4) is 5.75 Å². The van der Waals surface area contributed by atoms with Gasteiger partial charge in [0.2, 0.25) is 0 Å². The number of hydrogen-bond donors (Lipinski definition) is 3. The van der Waals surface area contributed by atoms with Gasteiger partial charge in [-0.3, -0.25) is 4.79 Å². The molecule has 0 fully saturated rings. The number of nitrogens with one attached hydrogen (secondary N) is 1. The van der Waals surface area contributed by atoms with Crippen LogP contribution >= 0.6 is 0 Å². The molecule has 2 unspecified atom stereocenters. The number of hydrogen-bond acceptors (Lipinski definition) is 4. The molecule has 0 radical (unpaired) electrons. The Bertz CT molecular complexity index is 460. The van der Waals surface area contributed by atoms with Crippen molar-refractivity contribution in [2.75, 3.05) is 6.54 Å². The number of carboxylic acids is 1. The number of aliphatic carboxylic acids is 1. The summed E-state index contributed by atoms with van der Waals surface area (Å²) in [5.41, 5.74) is 1.01. The molecule has 1 aromatic rings. The smallest absolute Gasteiger partial charge is 0.334 e. The second kappa shape index (κ2) is 6.75. The monoisotopic (exact) mass is 267 g/mol. The molecule has 6 heteroatoms. The number of amides is 1. The maximum atomic E-state index is 11.6. The van der Waals surface area contributed by atoms with Crippen LogP contribution in [0.4, 0.5) is 0 Å². The highest BCUT2D eigenvalue weighted by Crippen LogP contribution is 2.14. The van der Waals surface area contributed by atoms with Crippen LogP contribution in [0.5, 0.6) is 5.75 Å². The number of aliphatic hydroxyl groups excluding tert-OH is 1. The summed E-state index contributed by atoms with van der Waals surface area (Å²) in [6, 6.07) is 7.23. The van der Waals surface area contributed by atoms with Crippen molar-refractivity contribution in [2.45, 2.75) is 26.1 Å². The van der Waals surface area contributed by atoms with Gasteiger partial charge in [-0.25, -0.2) is 4.79 Å². The molecule has 1 rings (SSSR count). The van der Waals surface area contributed by atoms with Crippen LogP contribution in [0.1, 0.15) is 12.5 Å². The van der Waals surface area contributed by atoms with E-state index in [1.165, 1.54) is 0 Å². The molecular formula is C13H17NO5. The fourth-order valence-corrected chi connectivity index (χ4v) is 1.37. The first-order valence-electron chi connectivity index (χ1n) is 5.82. The SMILES string of the molecule is Cc1cccc(OC(C)C(=O)NCC(O)C(=O)O)c1. The van der Waals surface area contributed by atoms with Crippen LogP contribution in [0.2, 0.25) is 0 Å². The van der Waals surface area contributed by atoms with Crippen molar-refractivity contribution in [3.05, 3.63) is 29.8 Å². The van der Waals surface area contributed by atoms with Crippen molar-refractivity contribution in [2.24, 2.45) is 0 Å². The zero-order valence-electron chi connectivity index (χ0n) is 10.8. The van der Waals surface area contributed by atoms with Crippen molar-refractivity contribution in [1.82, 2.24) is 5.32 Å². The molecular weight excluding hydrogens is 250 g/mol. The minimum absolute atomic E-state index is 0.352. The number of ether oxygens (including phenoxy) is 1. The summed E-state index contributed by atoms with van der Waals surface area (Å²) < 4.78 is 5.41. The van der Waals surface area contributed by atoms with E-state index < -0.39 is 24.1 Å². The van der Waals surface area contributed by atoms with E-state index >= 15 is 0 Å². The lowest BCUT2D eigenvalue weighted by molar-refractivity contribution is -0.146. The molecule has 0 aromatic heterocycles. The Balaban J connectivity index is 2.47. The molecule has 0 aliphatic rings. The fraction of sp³-hybridized carbons (Fsp3) is 0.385. The highest BCUT2D eigenvalue weighted by Gasteiger charge is 2.18. The summed E-state index contributed by atoms with van der Waals surface area (Å²) in [6.45, 7) is 3.10. The number of carbonyl (C=O) groups excluding carboxylic acids is 1. The average Bonchev–Trinajstić information content (AvgIpc) is 2.35. The van der Waals surface area contributed by atoms with Gasteiger partial charge in [0.1, 0.15) is 5.75 Å². The molecule has 2 atom stereocenters. The number of carboxylic acid groups (broad SMARTS) is 1. The minimum atomic E-state index is -1.62. The lowest BCUT2D eigenvalue weighted by atomic mass is 10.2. The predicted molar refractivity (Wildman–Crippen MR) is 67.9 cm³/mol. The predicted octanol–water partition coefficient (Wildman–Crippen LogP) is 0.324. The molecule has 104 valence electrons. The van der Waals surface area contributed by atoms with E-state index in [2.05, 4.69) is 5.32 Å². The van der Waals surface area contributed by atoms with Crippen LogP contribution < -0.4 is 10.1 Å². The van der Waals surface area contributed by atoms with E-state index in [0.29, 0.717) is 5.75 Å². The molecule has 0 aliphatic heterocycles. The van der Waals surface area contributed by atoms with E-state index in [4.69, 9.17) is 14.9 Å². The summed E-state index contributed by atoms with van der Waals surface area (Å²) in [7, 11) is 0. The van der Waals surface area contributed by atoms with Gasteiger partial charge >= 0.3 is 5.97 Å². The van der Waals surface area contributed by atoms with E-state index in [1.807, 2.05) is 19.1 Å².